The summed E-state index contributed by atoms with van der Waals surface area (Å²) in [4.78, 5) is 14.0. The molecule has 2 amide bonds. The van der Waals surface area contributed by atoms with E-state index in [4.69, 9.17) is 0 Å². The number of rotatable bonds is 2. The first-order valence-electron chi connectivity index (χ1n) is 6.60. The fourth-order valence-electron chi connectivity index (χ4n) is 3.50. The maximum atomic E-state index is 11.9. The van der Waals surface area contributed by atoms with Gasteiger partial charge < -0.3 is 15.5 Å². The molecule has 4 heteroatoms. The first-order valence-corrected chi connectivity index (χ1v) is 6.60. The lowest BCUT2D eigenvalue weighted by molar-refractivity contribution is 0.123. The molecule has 0 spiro atoms. The van der Waals surface area contributed by atoms with Gasteiger partial charge in [-0.3, -0.25) is 0 Å². The van der Waals surface area contributed by atoms with Gasteiger partial charge >= 0.3 is 6.03 Å². The second kappa shape index (κ2) is 4.24. The molecule has 3 rings (SSSR count). The van der Waals surface area contributed by atoms with Crippen molar-refractivity contribution in [2.45, 2.75) is 31.7 Å². The predicted octanol–water partition coefficient (Wildman–Crippen LogP) is 0.790. The molecule has 3 unspecified atom stereocenters. The maximum absolute atomic E-state index is 11.9. The average Bonchev–Trinajstić information content (AvgIpc) is 2.92. The van der Waals surface area contributed by atoms with Crippen LogP contribution in [0.25, 0.3) is 0 Å². The molecule has 4 nitrogen and oxygen atoms in total. The van der Waals surface area contributed by atoms with Crippen LogP contribution in [0.4, 0.5) is 4.79 Å². The molecule has 2 N–H and O–H groups in total. The van der Waals surface area contributed by atoms with Crippen LogP contribution < -0.4 is 10.6 Å². The molecular weight excluding hydrogens is 202 g/mol. The number of urea groups is 1. The Hall–Kier alpha value is -0.770. The van der Waals surface area contributed by atoms with Gasteiger partial charge in [0, 0.05) is 19.1 Å². The van der Waals surface area contributed by atoms with Crippen molar-refractivity contribution in [3.05, 3.63) is 0 Å². The molecule has 3 atom stereocenters. The van der Waals surface area contributed by atoms with Gasteiger partial charge in [0.15, 0.2) is 0 Å². The van der Waals surface area contributed by atoms with Crippen LogP contribution in [0.3, 0.4) is 0 Å². The number of carbonyl (C=O) groups excluding carboxylic acids is 1. The second-order valence-electron chi connectivity index (χ2n) is 5.46. The quantitative estimate of drug-likeness (QED) is 0.727. The minimum Gasteiger partial charge on any atom is -0.338 e. The van der Waals surface area contributed by atoms with Gasteiger partial charge in [-0.15, -0.1) is 0 Å². The highest BCUT2D eigenvalue weighted by Crippen LogP contribution is 2.32. The SMILES string of the molecule is O=C1NCC2CCCC2N1CC1CCNC1. The number of carbonyl (C=O) groups is 1. The van der Waals surface area contributed by atoms with Crippen molar-refractivity contribution in [2.24, 2.45) is 11.8 Å². The van der Waals surface area contributed by atoms with Crippen LogP contribution in [0.5, 0.6) is 0 Å². The molecule has 16 heavy (non-hydrogen) atoms. The Labute approximate surface area is 96.8 Å². The molecule has 0 aromatic rings. The van der Waals surface area contributed by atoms with Gasteiger partial charge in [-0.25, -0.2) is 4.79 Å². The van der Waals surface area contributed by atoms with Crippen LogP contribution in [-0.4, -0.2) is 43.2 Å². The summed E-state index contributed by atoms with van der Waals surface area (Å²) in [5.41, 5.74) is 0. The first-order chi connectivity index (χ1) is 7.84. The minimum absolute atomic E-state index is 0.176. The van der Waals surface area contributed by atoms with Crippen molar-refractivity contribution in [1.29, 1.82) is 0 Å². The number of fused-ring (bicyclic) bond motifs is 1. The number of nitrogens with zero attached hydrogens (tertiary/aromatic N) is 1. The molecule has 90 valence electrons. The fraction of sp³-hybridized carbons (Fsp3) is 0.917. The predicted molar refractivity (Wildman–Crippen MR) is 62.2 cm³/mol. The van der Waals surface area contributed by atoms with E-state index in [-0.39, 0.29) is 6.03 Å². The van der Waals surface area contributed by atoms with Gasteiger partial charge in [0.25, 0.3) is 0 Å². The van der Waals surface area contributed by atoms with E-state index in [0.29, 0.717) is 17.9 Å². The maximum Gasteiger partial charge on any atom is 0.317 e. The number of hydrogen-bond acceptors (Lipinski definition) is 2. The summed E-state index contributed by atoms with van der Waals surface area (Å²) >= 11 is 0. The van der Waals surface area contributed by atoms with Crippen LogP contribution >= 0.6 is 0 Å². The Kier molecular flexibility index (Phi) is 2.75. The molecule has 0 aromatic heterocycles. The van der Waals surface area contributed by atoms with Crippen LogP contribution in [0.15, 0.2) is 0 Å². The Bertz CT molecular complexity index is 275. The third-order valence-corrected chi connectivity index (χ3v) is 4.41. The summed E-state index contributed by atoms with van der Waals surface area (Å²) in [6.45, 7) is 4.07. The van der Waals surface area contributed by atoms with Crippen molar-refractivity contribution in [2.75, 3.05) is 26.2 Å². The summed E-state index contributed by atoms with van der Waals surface area (Å²) in [7, 11) is 0. The molecule has 0 aromatic carbocycles. The summed E-state index contributed by atoms with van der Waals surface area (Å²) < 4.78 is 0. The second-order valence-corrected chi connectivity index (χ2v) is 5.46. The monoisotopic (exact) mass is 223 g/mol. The number of amides is 2. The Morgan fingerprint density at radius 1 is 1.25 bits per heavy atom. The fourth-order valence-corrected chi connectivity index (χ4v) is 3.50. The normalized spacial score (nSPS) is 38.6. The Balaban J connectivity index is 1.67. The zero-order valence-electron chi connectivity index (χ0n) is 9.74. The van der Waals surface area contributed by atoms with Gasteiger partial charge in [0.05, 0.1) is 0 Å². The molecule has 0 radical (unpaired) electrons. The van der Waals surface area contributed by atoms with Gasteiger partial charge in [0.2, 0.25) is 0 Å². The van der Waals surface area contributed by atoms with Crippen molar-refractivity contribution >= 4 is 6.03 Å². The number of nitrogens with one attached hydrogen (secondary N) is 2. The molecule has 3 fully saturated rings. The highest BCUT2D eigenvalue weighted by Gasteiger charge is 2.39. The third-order valence-electron chi connectivity index (χ3n) is 4.41. The molecule has 3 aliphatic rings. The zero-order chi connectivity index (χ0) is 11.0. The highest BCUT2D eigenvalue weighted by atomic mass is 16.2. The molecular formula is C12H21N3O. The Morgan fingerprint density at radius 2 is 2.19 bits per heavy atom. The summed E-state index contributed by atoms with van der Waals surface area (Å²) in [5, 5.41) is 6.42. The lowest BCUT2D eigenvalue weighted by Gasteiger charge is -2.39. The largest absolute Gasteiger partial charge is 0.338 e. The van der Waals surface area contributed by atoms with E-state index in [0.717, 1.165) is 26.2 Å². The molecule has 1 aliphatic carbocycles. The van der Waals surface area contributed by atoms with E-state index < -0.39 is 0 Å². The third kappa shape index (κ3) is 1.79. The van der Waals surface area contributed by atoms with E-state index >= 15 is 0 Å². The highest BCUT2D eigenvalue weighted by molar-refractivity contribution is 5.75. The van der Waals surface area contributed by atoms with E-state index in [2.05, 4.69) is 15.5 Å². The van der Waals surface area contributed by atoms with Crippen molar-refractivity contribution in [3.8, 4) is 0 Å². The lowest BCUT2D eigenvalue weighted by atomic mass is 9.98. The average molecular weight is 223 g/mol. The molecule has 2 aliphatic heterocycles. The standard InChI is InChI=1S/C12H21N3O/c16-12-14-7-10-2-1-3-11(10)15(12)8-9-4-5-13-6-9/h9-11,13H,1-8H2,(H,14,16). The van der Waals surface area contributed by atoms with E-state index in [1.165, 1.54) is 25.7 Å². The number of hydrogen-bond donors (Lipinski definition) is 2. The van der Waals surface area contributed by atoms with Crippen LogP contribution in [0.2, 0.25) is 0 Å². The zero-order valence-corrected chi connectivity index (χ0v) is 9.74. The van der Waals surface area contributed by atoms with Crippen LogP contribution in [0, 0.1) is 11.8 Å². The minimum atomic E-state index is 0.176. The first kappa shape index (κ1) is 10.4. The van der Waals surface area contributed by atoms with Gasteiger partial charge in [-0.2, -0.15) is 0 Å². The van der Waals surface area contributed by atoms with Gasteiger partial charge in [-0.05, 0) is 44.2 Å². The van der Waals surface area contributed by atoms with Crippen molar-refractivity contribution in [1.82, 2.24) is 15.5 Å². The Morgan fingerprint density at radius 3 is 3.00 bits per heavy atom. The molecule has 2 heterocycles. The molecule has 0 bridgehead atoms. The molecule has 2 saturated heterocycles. The van der Waals surface area contributed by atoms with Gasteiger partial charge in [0.1, 0.15) is 0 Å². The topological polar surface area (TPSA) is 44.4 Å². The summed E-state index contributed by atoms with van der Waals surface area (Å²) in [6.07, 6.45) is 5.04. The van der Waals surface area contributed by atoms with Crippen LogP contribution in [-0.2, 0) is 0 Å². The van der Waals surface area contributed by atoms with E-state index in [1.54, 1.807) is 0 Å². The van der Waals surface area contributed by atoms with Crippen LogP contribution in [0.1, 0.15) is 25.7 Å². The van der Waals surface area contributed by atoms with E-state index in [9.17, 15) is 4.79 Å². The summed E-state index contributed by atoms with van der Waals surface area (Å²) in [6, 6.07) is 0.712. The van der Waals surface area contributed by atoms with Gasteiger partial charge in [-0.1, -0.05) is 6.42 Å². The molecule has 1 saturated carbocycles. The summed E-state index contributed by atoms with van der Waals surface area (Å²) in [5.74, 6) is 1.39. The van der Waals surface area contributed by atoms with E-state index in [1.807, 2.05) is 0 Å². The van der Waals surface area contributed by atoms with Crippen molar-refractivity contribution in [3.63, 3.8) is 0 Å². The smallest absolute Gasteiger partial charge is 0.317 e. The van der Waals surface area contributed by atoms with Crippen molar-refractivity contribution < 1.29 is 4.79 Å². The lowest BCUT2D eigenvalue weighted by Crippen LogP contribution is -2.56.